The zero-order chi connectivity index (χ0) is 13.7. The van der Waals surface area contributed by atoms with E-state index in [2.05, 4.69) is 0 Å². The minimum absolute atomic E-state index is 0.0193. The minimum atomic E-state index is -1.37. The quantitative estimate of drug-likeness (QED) is 0.663. The van der Waals surface area contributed by atoms with Crippen LogP contribution in [0.1, 0.15) is 27.2 Å². The normalized spacial score (nSPS) is 35.8. The maximum Gasteiger partial charge on any atom is 0.337 e. The molecule has 0 aromatic heterocycles. The molecule has 2 saturated heterocycles. The topological polar surface area (TPSA) is 76.1 Å². The van der Waals surface area contributed by atoms with Crippen molar-refractivity contribution in [1.29, 1.82) is 0 Å². The molecule has 2 rings (SSSR count). The number of carbonyl (C=O) groups excluding carboxylic acids is 2. The molecule has 0 aliphatic carbocycles. The summed E-state index contributed by atoms with van der Waals surface area (Å²) in [7, 11) is 1.25. The zero-order valence-corrected chi connectivity index (χ0v) is 11.1. The summed E-state index contributed by atoms with van der Waals surface area (Å²) < 4.78 is 10.3. The number of aliphatic hydroxyl groups is 1. The third-order valence-electron chi connectivity index (χ3n) is 3.59. The fraction of sp³-hybridized carbons (Fsp3) is 0.833. The van der Waals surface area contributed by atoms with Crippen molar-refractivity contribution in [3.05, 3.63) is 0 Å². The SMILES string of the molecule is COC(=O)[C@]12CO[C@H](C(C)(C)C)N1C(=O)C[C@H]2O. The van der Waals surface area contributed by atoms with Crippen LogP contribution in [0.4, 0.5) is 0 Å². The van der Waals surface area contributed by atoms with Crippen LogP contribution in [0.15, 0.2) is 0 Å². The number of aliphatic hydroxyl groups excluding tert-OH is 1. The van der Waals surface area contributed by atoms with E-state index in [0.717, 1.165) is 0 Å². The second kappa shape index (κ2) is 3.93. The number of nitrogens with zero attached hydrogens (tertiary/aromatic N) is 1. The van der Waals surface area contributed by atoms with Crippen LogP contribution in [0.2, 0.25) is 0 Å². The first-order valence-corrected chi connectivity index (χ1v) is 5.95. The first kappa shape index (κ1) is 13.3. The molecule has 0 radical (unpaired) electrons. The van der Waals surface area contributed by atoms with E-state index in [4.69, 9.17) is 9.47 Å². The lowest BCUT2D eigenvalue weighted by Crippen LogP contribution is -2.59. The molecular formula is C12H19NO5. The average Bonchev–Trinajstić information content (AvgIpc) is 2.77. The van der Waals surface area contributed by atoms with Crippen LogP contribution < -0.4 is 0 Å². The number of hydrogen-bond donors (Lipinski definition) is 1. The molecule has 2 fully saturated rings. The molecule has 3 atom stereocenters. The summed E-state index contributed by atoms with van der Waals surface area (Å²) in [6.07, 6.45) is -1.67. The lowest BCUT2D eigenvalue weighted by atomic mass is 9.91. The zero-order valence-electron chi connectivity index (χ0n) is 11.1. The van der Waals surface area contributed by atoms with Crippen molar-refractivity contribution < 1.29 is 24.2 Å². The van der Waals surface area contributed by atoms with Crippen LogP contribution in [0.25, 0.3) is 0 Å². The van der Waals surface area contributed by atoms with Crippen molar-refractivity contribution in [2.75, 3.05) is 13.7 Å². The Morgan fingerprint density at radius 1 is 1.56 bits per heavy atom. The Kier molecular flexibility index (Phi) is 2.90. The summed E-state index contributed by atoms with van der Waals surface area (Å²) in [6, 6.07) is 0. The molecule has 1 amide bonds. The number of carbonyl (C=O) groups is 2. The van der Waals surface area contributed by atoms with Gasteiger partial charge in [0.25, 0.3) is 0 Å². The predicted octanol–water partition coefficient (Wildman–Crippen LogP) is -0.106. The van der Waals surface area contributed by atoms with Gasteiger partial charge in [-0.3, -0.25) is 9.69 Å². The lowest BCUT2D eigenvalue weighted by molar-refractivity contribution is -0.161. The van der Waals surface area contributed by atoms with Gasteiger partial charge in [-0.15, -0.1) is 0 Å². The molecule has 0 aromatic rings. The smallest absolute Gasteiger partial charge is 0.337 e. The van der Waals surface area contributed by atoms with Crippen LogP contribution in [-0.2, 0) is 19.1 Å². The Balaban J connectivity index is 2.45. The van der Waals surface area contributed by atoms with E-state index in [1.807, 2.05) is 20.8 Å². The molecule has 0 bridgehead atoms. The molecule has 2 aliphatic heterocycles. The lowest BCUT2D eigenvalue weighted by Gasteiger charge is -2.36. The summed E-state index contributed by atoms with van der Waals surface area (Å²) in [5.41, 5.74) is -1.71. The molecule has 0 spiro atoms. The van der Waals surface area contributed by atoms with E-state index < -0.39 is 23.8 Å². The van der Waals surface area contributed by atoms with Crippen LogP contribution in [0.3, 0.4) is 0 Å². The summed E-state index contributed by atoms with van der Waals surface area (Å²) in [5, 5.41) is 10.1. The fourth-order valence-electron chi connectivity index (χ4n) is 2.71. The molecular weight excluding hydrogens is 238 g/mol. The summed E-state index contributed by atoms with van der Waals surface area (Å²) in [5.74, 6) is -0.891. The number of esters is 1. The van der Waals surface area contributed by atoms with E-state index in [1.165, 1.54) is 12.0 Å². The molecule has 0 saturated carbocycles. The van der Waals surface area contributed by atoms with Crippen molar-refractivity contribution in [3.8, 4) is 0 Å². The molecule has 0 unspecified atom stereocenters. The number of amides is 1. The van der Waals surface area contributed by atoms with Crippen LogP contribution in [-0.4, -0.2) is 53.5 Å². The van der Waals surface area contributed by atoms with Gasteiger partial charge in [-0.25, -0.2) is 4.79 Å². The third-order valence-corrected chi connectivity index (χ3v) is 3.59. The second-order valence-electron chi connectivity index (χ2n) is 5.93. The standard InChI is InChI=1S/C12H19NO5/c1-11(2,3)9-13-8(15)5-7(14)12(13,6-18-9)10(16)17-4/h7,9,14H,5-6H2,1-4H3/t7-,9-,12-/m1/s1. The molecule has 18 heavy (non-hydrogen) atoms. The van der Waals surface area contributed by atoms with Crippen LogP contribution >= 0.6 is 0 Å². The second-order valence-corrected chi connectivity index (χ2v) is 5.93. The number of fused-ring (bicyclic) bond motifs is 1. The van der Waals surface area contributed by atoms with E-state index >= 15 is 0 Å². The maximum absolute atomic E-state index is 12.0. The average molecular weight is 257 g/mol. The van der Waals surface area contributed by atoms with Gasteiger partial charge in [-0.1, -0.05) is 20.8 Å². The van der Waals surface area contributed by atoms with Gasteiger partial charge >= 0.3 is 5.97 Å². The van der Waals surface area contributed by atoms with E-state index in [-0.39, 0.29) is 24.3 Å². The van der Waals surface area contributed by atoms with E-state index in [1.54, 1.807) is 0 Å². The van der Waals surface area contributed by atoms with Crippen molar-refractivity contribution in [2.24, 2.45) is 5.41 Å². The molecule has 2 aliphatic rings. The van der Waals surface area contributed by atoms with Crippen LogP contribution in [0.5, 0.6) is 0 Å². The summed E-state index contributed by atoms with van der Waals surface area (Å²) in [6.45, 7) is 5.74. The van der Waals surface area contributed by atoms with Gasteiger partial charge in [-0.05, 0) is 0 Å². The highest BCUT2D eigenvalue weighted by Crippen LogP contribution is 2.44. The monoisotopic (exact) mass is 257 g/mol. The third kappa shape index (κ3) is 1.55. The van der Waals surface area contributed by atoms with Gasteiger partial charge in [0.15, 0.2) is 5.54 Å². The van der Waals surface area contributed by atoms with Gasteiger partial charge in [0.05, 0.1) is 26.2 Å². The Hall–Kier alpha value is -1.14. The first-order valence-electron chi connectivity index (χ1n) is 5.95. The molecule has 2 heterocycles. The molecule has 102 valence electrons. The number of methoxy groups -OCH3 is 1. The molecule has 1 N–H and O–H groups in total. The summed E-state index contributed by atoms with van der Waals surface area (Å²) in [4.78, 5) is 25.4. The van der Waals surface area contributed by atoms with Gasteiger partial charge in [-0.2, -0.15) is 0 Å². The highest BCUT2D eigenvalue weighted by atomic mass is 16.6. The molecule has 6 nitrogen and oxygen atoms in total. The number of rotatable bonds is 1. The van der Waals surface area contributed by atoms with Gasteiger partial charge in [0.2, 0.25) is 5.91 Å². The first-order chi connectivity index (χ1) is 8.25. The highest BCUT2D eigenvalue weighted by Gasteiger charge is 2.66. The molecule has 0 aromatic carbocycles. The summed E-state index contributed by atoms with van der Waals surface area (Å²) >= 11 is 0. The van der Waals surface area contributed by atoms with Crippen molar-refractivity contribution in [3.63, 3.8) is 0 Å². The van der Waals surface area contributed by atoms with Crippen LogP contribution in [0, 0.1) is 5.41 Å². The minimum Gasteiger partial charge on any atom is -0.467 e. The van der Waals surface area contributed by atoms with E-state index in [0.29, 0.717) is 0 Å². The predicted molar refractivity (Wildman–Crippen MR) is 61.4 cm³/mol. The maximum atomic E-state index is 12.0. The van der Waals surface area contributed by atoms with E-state index in [9.17, 15) is 14.7 Å². The Morgan fingerprint density at radius 3 is 2.67 bits per heavy atom. The van der Waals surface area contributed by atoms with Gasteiger partial charge < -0.3 is 14.6 Å². The number of hydrogen-bond acceptors (Lipinski definition) is 5. The Labute approximate surface area is 106 Å². The van der Waals surface area contributed by atoms with Gasteiger partial charge in [0.1, 0.15) is 6.23 Å². The van der Waals surface area contributed by atoms with Crippen molar-refractivity contribution in [2.45, 2.75) is 45.1 Å². The highest BCUT2D eigenvalue weighted by molar-refractivity contribution is 5.94. The largest absolute Gasteiger partial charge is 0.467 e. The fourth-order valence-corrected chi connectivity index (χ4v) is 2.71. The van der Waals surface area contributed by atoms with Crippen molar-refractivity contribution in [1.82, 2.24) is 4.90 Å². The Morgan fingerprint density at radius 2 is 2.17 bits per heavy atom. The Bertz CT molecular complexity index is 388. The van der Waals surface area contributed by atoms with Crippen molar-refractivity contribution >= 4 is 11.9 Å². The molecule has 6 heteroatoms. The number of ether oxygens (including phenoxy) is 2. The van der Waals surface area contributed by atoms with Gasteiger partial charge in [0, 0.05) is 5.41 Å².